The lowest BCUT2D eigenvalue weighted by Crippen LogP contribution is -2.39. The van der Waals surface area contributed by atoms with Crippen molar-refractivity contribution in [1.29, 1.82) is 0 Å². The Morgan fingerprint density at radius 3 is 2.63 bits per heavy atom. The number of allylic oxidation sites excluding steroid dienone is 1. The standard InChI is InChI=1S/C22H19BrN2O4S/c1-4-28-21(27)18-13(3)24-22-25(19(18)14-7-5-12(2)6-8-14)20(26)16(30-22)11-15-9-10-17(23)29-15/h5-11,19H,4H2,1-3H3/b16-11-. The van der Waals surface area contributed by atoms with Crippen molar-refractivity contribution < 1.29 is 13.9 Å². The Labute approximate surface area is 185 Å². The molecule has 4 rings (SSSR count). The Morgan fingerprint density at radius 1 is 1.27 bits per heavy atom. The van der Waals surface area contributed by atoms with Gasteiger partial charge in [-0.05, 0) is 54.4 Å². The fraction of sp³-hybridized carbons (Fsp3) is 0.227. The highest BCUT2D eigenvalue weighted by atomic mass is 79.9. The van der Waals surface area contributed by atoms with Gasteiger partial charge in [0.15, 0.2) is 9.47 Å². The van der Waals surface area contributed by atoms with Gasteiger partial charge in [0.05, 0.1) is 28.5 Å². The molecule has 30 heavy (non-hydrogen) atoms. The number of esters is 1. The van der Waals surface area contributed by atoms with Gasteiger partial charge in [-0.25, -0.2) is 9.79 Å². The first-order chi connectivity index (χ1) is 14.4. The average Bonchev–Trinajstić information content (AvgIpc) is 3.24. The average molecular weight is 487 g/mol. The molecule has 6 nitrogen and oxygen atoms in total. The second-order valence-corrected chi connectivity index (χ2v) is 8.65. The van der Waals surface area contributed by atoms with Crippen LogP contribution in [0.25, 0.3) is 6.08 Å². The number of hydrogen-bond donors (Lipinski definition) is 0. The van der Waals surface area contributed by atoms with Crippen molar-refractivity contribution in [2.45, 2.75) is 26.8 Å². The van der Waals surface area contributed by atoms with Crippen LogP contribution in [-0.2, 0) is 9.53 Å². The minimum absolute atomic E-state index is 0.230. The second-order valence-electron chi connectivity index (χ2n) is 6.85. The molecular formula is C22H19BrN2O4S. The molecule has 0 fully saturated rings. The number of hydrogen-bond acceptors (Lipinski definition) is 6. The van der Waals surface area contributed by atoms with Crippen molar-refractivity contribution in [3.63, 3.8) is 0 Å². The third kappa shape index (κ3) is 3.73. The van der Waals surface area contributed by atoms with E-state index in [1.54, 1.807) is 36.6 Å². The van der Waals surface area contributed by atoms with E-state index in [1.807, 2.05) is 31.2 Å². The van der Waals surface area contributed by atoms with E-state index in [9.17, 15) is 9.59 Å². The molecule has 1 atom stereocenters. The van der Waals surface area contributed by atoms with Crippen LogP contribution in [-0.4, -0.2) is 17.1 Å². The quantitative estimate of drug-likeness (QED) is 0.529. The molecule has 0 aliphatic carbocycles. The number of aromatic nitrogens is 1. The van der Waals surface area contributed by atoms with Gasteiger partial charge < -0.3 is 9.15 Å². The number of furan rings is 1. The molecule has 1 aliphatic heterocycles. The molecular weight excluding hydrogens is 468 g/mol. The number of carbonyl (C=O) groups excluding carboxylic acids is 1. The van der Waals surface area contributed by atoms with E-state index in [0.717, 1.165) is 11.1 Å². The van der Waals surface area contributed by atoms with Crippen molar-refractivity contribution in [3.05, 3.63) is 88.9 Å². The number of aryl methyl sites for hydroxylation is 1. The van der Waals surface area contributed by atoms with Crippen molar-refractivity contribution in [1.82, 2.24) is 4.57 Å². The van der Waals surface area contributed by atoms with E-state index in [4.69, 9.17) is 9.15 Å². The van der Waals surface area contributed by atoms with Gasteiger partial charge in [0.1, 0.15) is 5.76 Å². The highest BCUT2D eigenvalue weighted by molar-refractivity contribution is 9.10. The summed E-state index contributed by atoms with van der Waals surface area (Å²) in [5, 5.41) is 0. The smallest absolute Gasteiger partial charge is 0.338 e. The van der Waals surface area contributed by atoms with Crippen LogP contribution in [0.2, 0.25) is 0 Å². The van der Waals surface area contributed by atoms with Crippen LogP contribution in [0.4, 0.5) is 0 Å². The van der Waals surface area contributed by atoms with E-state index in [0.29, 0.717) is 31.0 Å². The van der Waals surface area contributed by atoms with E-state index < -0.39 is 12.0 Å². The Morgan fingerprint density at radius 2 is 2.00 bits per heavy atom. The van der Waals surface area contributed by atoms with Gasteiger partial charge in [0.2, 0.25) is 0 Å². The van der Waals surface area contributed by atoms with Gasteiger partial charge in [-0.15, -0.1) is 0 Å². The first-order valence-corrected chi connectivity index (χ1v) is 11.0. The predicted octanol–water partition coefficient (Wildman–Crippen LogP) is 3.46. The fourth-order valence-electron chi connectivity index (χ4n) is 3.39. The zero-order chi connectivity index (χ0) is 21.4. The zero-order valence-electron chi connectivity index (χ0n) is 16.6. The third-order valence-electron chi connectivity index (χ3n) is 4.78. The Hall–Kier alpha value is -2.71. The molecule has 1 unspecified atom stereocenters. The van der Waals surface area contributed by atoms with Crippen LogP contribution in [0.15, 0.2) is 66.5 Å². The van der Waals surface area contributed by atoms with Gasteiger partial charge in [-0.3, -0.25) is 9.36 Å². The van der Waals surface area contributed by atoms with Crippen LogP contribution in [0.3, 0.4) is 0 Å². The molecule has 2 aromatic heterocycles. The van der Waals surface area contributed by atoms with E-state index in [1.165, 1.54) is 11.3 Å². The molecule has 154 valence electrons. The molecule has 3 heterocycles. The van der Waals surface area contributed by atoms with Gasteiger partial charge in [0, 0.05) is 6.08 Å². The lowest BCUT2D eigenvalue weighted by atomic mass is 9.95. The van der Waals surface area contributed by atoms with Crippen LogP contribution >= 0.6 is 27.3 Å². The molecule has 0 saturated carbocycles. The zero-order valence-corrected chi connectivity index (χ0v) is 19.0. The summed E-state index contributed by atoms with van der Waals surface area (Å²) in [7, 11) is 0. The number of rotatable bonds is 4. The molecule has 0 spiro atoms. The normalized spacial score (nSPS) is 16.4. The lowest BCUT2D eigenvalue weighted by Gasteiger charge is -2.24. The fourth-order valence-corrected chi connectivity index (χ4v) is 4.74. The number of fused-ring (bicyclic) bond motifs is 1. The Bertz CT molecular complexity index is 1330. The third-order valence-corrected chi connectivity index (χ3v) is 6.19. The molecule has 0 radical (unpaired) electrons. The summed E-state index contributed by atoms with van der Waals surface area (Å²) in [6.07, 6.45) is 1.68. The Kier molecular flexibility index (Phi) is 5.62. The molecule has 0 bridgehead atoms. The number of ether oxygens (including phenoxy) is 1. The van der Waals surface area contributed by atoms with Crippen LogP contribution in [0, 0.1) is 6.92 Å². The molecule has 1 aliphatic rings. The van der Waals surface area contributed by atoms with Crippen molar-refractivity contribution >= 4 is 39.3 Å². The highest BCUT2D eigenvalue weighted by Crippen LogP contribution is 2.30. The van der Waals surface area contributed by atoms with E-state index in [2.05, 4.69) is 20.9 Å². The number of nitrogens with zero attached hydrogens (tertiary/aromatic N) is 2. The van der Waals surface area contributed by atoms with Crippen molar-refractivity contribution in [2.24, 2.45) is 4.99 Å². The van der Waals surface area contributed by atoms with Crippen LogP contribution < -0.4 is 14.9 Å². The molecule has 1 aromatic carbocycles. The summed E-state index contributed by atoms with van der Waals surface area (Å²) in [5.74, 6) is 0.0916. The van der Waals surface area contributed by atoms with Gasteiger partial charge in [0.25, 0.3) is 5.56 Å². The largest absolute Gasteiger partial charge is 0.463 e. The molecule has 3 aromatic rings. The summed E-state index contributed by atoms with van der Waals surface area (Å²) in [4.78, 5) is 31.3. The van der Waals surface area contributed by atoms with E-state index in [-0.39, 0.29) is 12.2 Å². The summed E-state index contributed by atoms with van der Waals surface area (Å²) < 4.78 is 13.4. The molecule has 0 amide bonds. The van der Waals surface area contributed by atoms with Gasteiger partial charge >= 0.3 is 5.97 Å². The van der Waals surface area contributed by atoms with Gasteiger partial charge in [-0.2, -0.15) is 0 Å². The maximum Gasteiger partial charge on any atom is 0.338 e. The van der Waals surface area contributed by atoms with Crippen molar-refractivity contribution in [3.8, 4) is 0 Å². The summed E-state index contributed by atoms with van der Waals surface area (Å²) >= 11 is 4.54. The maximum absolute atomic E-state index is 13.4. The lowest BCUT2D eigenvalue weighted by molar-refractivity contribution is -0.139. The summed E-state index contributed by atoms with van der Waals surface area (Å²) in [6.45, 7) is 5.76. The number of halogens is 1. The minimum Gasteiger partial charge on any atom is -0.463 e. The topological polar surface area (TPSA) is 73.8 Å². The summed E-state index contributed by atoms with van der Waals surface area (Å²) in [6, 6.07) is 10.7. The second kappa shape index (κ2) is 8.20. The number of benzene rings is 1. The molecule has 0 saturated heterocycles. The van der Waals surface area contributed by atoms with Gasteiger partial charge in [-0.1, -0.05) is 41.2 Å². The Balaban J connectivity index is 1.96. The number of carbonyl (C=O) groups is 1. The number of thiazole rings is 1. The van der Waals surface area contributed by atoms with Crippen LogP contribution in [0.1, 0.15) is 36.8 Å². The highest BCUT2D eigenvalue weighted by Gasteiger charge is 2.33. The first-order valence-electron chi connectivity index (χ1n) is 9.40. The SMILES string of the molecule is CCOC(=O)C1=C(C)N=c2s/c(=C\c3ccc(Br)o3)c(=O)n2C1c1ccc(C)cc1. The summed E-state index contributed by atoms with van der Waals surface area (Å²) in [5.41, 5.74) is 2.61. The van der Waals surface area contributed by atoms with Crippen LogP contribution in [0.5, 0.6) is 0 Å². The minimum atomic E-state index is -0.605. The molecule has 0 N–H and O–H groups in total. The monoisotopic (exact) mass is 486 g/mol. The van der Waals surface area contributed by atoms with Crippen molar-refractivity contribution in [2.75, 3.05) is 6.61 Å². The molecule has 8 heteroatoms. The first kappa shape index (κ1) is 20.6. The predicted molar refractivity (Wildman–Crippen MR) is 118 cm³/mol. The maximum atomic E-state index is 13.4. The van der Waals surface area contributed by atoms with E-state index >= 15 is 0 Å².